The number of benzene rings is 2. The molecule has 0 aliphatic rings. The number of para-hydroxylation sites is 1. The Morgan fingerprint density at radius 3 is 2.25 bits per heavy atom. The Labute approximate surface area is 165 Å². The van der Waals surface area contributed by atoms with Gasteiger partial charge in [0.1, 0.15) is 0 Å². The van der Waals surface area contributed by atoms with E-state index < -0.39 is 11.7 Å². The van der Waals surface area contributed by atoms with Crippen molar-refractivity contribution in [2.75, 3.05) is 0 Å². The van der Waals surface area contributed by atoms with Gasteiger partial charge in [-0.1, -0.05) is 55.0 Å². The first-order chi connectivity index (χ1) is 13.4. The largest absolute Gasteiger partial charge is 0.342 e. The van der Waals surface area contributed by atoms with Crippen LogP contribution in [0.3, 0.4) is 0 Å². The first kappa shape index (κ1) is 19.5. The molecule has 0 unspecified atom stereocenters. The minimum Gasteiger partial charge on any atom is -0.342 e. The summed E-state index contributed by atoms with van der Waals surface area (Å²) in [4.78, 5) is 25.6. The molecule has 0 saturated carbocycles. The average Bonchev–Trinajstić information content (AvgIpc) is 3.01. The molecule has 1 aromatic heterocycles. The normalized spacial score (nSPS) is 11.9. The number of aryl methyl sites for hydroxylation is 2. The van der Waals surface area contributed by atoms with E-state index in [2.05, 4.69) is 10.4 Å². The molecule has 3 rings (SSSR count). The summed E-state index contributed by atoms with van der Waals surface area (Å²) < 4.78 is 1.70. The fraction of sp³-hybridized carbons (Fsp3) is 0.261. The van der Waals surface area contributed by atoms with Crippen molar-refractivity contribution in [1.29, 1.82) is 0 Å². The SMILES string of the molecule is CC[C@H](NC(=O)C(=O)c1c(C)nn(-c2ccccc2)c1C)c1ccc(C)cc1. The van der Waals surface area contributed by atoms with Crippen LogP contribution in [0.2, 0.25) is 0 Å². The Morgan fingerprint density at radius 1 is 1.00 bits per heavy atom. The summed E-state index contributed by atoms with van der Waals surface area (Å²) in [5.74, 6) is -1.16. The third-order valence-corrected chi connectivity index (χ3v) is 4.92. The molecule has 144 valence electrons. The van der Waals surface area contributed by atoms with Crippen LogP contribution in [0.5, 0.6) is 0 Å². The molecule has 0 aliphatic carbocycles. The van der Waals surface area contributed by atoms with Gasteiger partial charge in [0.15, 0.2) is 0 Å². The predicted octanol–water partition coefficient (Wildman–Crippen LogP) is 4.25. The van der Waals surface area contributed by atoms with Gasteiger partial charge in [-0.25, -0.2) is 4.68 Å². The Hall–Kier alpha value is -3.21. The summed E-state index contributed by atoms with van der Waals surface area (Å²) >= 11 is 0. The maximum atomic E-state index is 12.9. The Bertz CT molecular complexity index is 989. The predicted molar refractivity (Wildman–Crippen MR) is 110 cm³/mol. The zero-order valence-electron chi connectivity index (χ0n) is 16.7. The summed E-state index contributed by atoms with van der Waals surface area (Å²) in [5, 5.41) is 7.35. The fourth-order valence-corrected chi connectivity index (χ4v) is 3.35. The Kier molecular flexibility index (Phi) is 5.73. The maximum Gasteiger partial charge on any atom is 0.293 e. The highest BCUT2D eigenvalue weighted by Gasteiger charge is 2.26. The highest BCUT2D eigenvalue weighted by molar-refractivity contribution is 6.43. The van der Waals surface area contributed by atoms with Crippen LogP contribution in [0, 0.1) is 20.8 Å². The fourth-order valence-electron chi connectivity index (χ4n) is 3.35. The molecule has 0 spiro atoms. The van der Waals surface area contributed by atoms with Gasteiger partial charge in [0.2, 0.25) is 0 Å². The molecule has 3 aromatic rings. The van der Waals surface area contributed by atoms with Gasteiger partial charge in [0.25, 0.3) is 11.7 Å². The van der Waals surface area contributed by atoms with E-state index in [0.29, 0.717) is 23.4 Å². The van der Waals surface area contributed by atoms with Gasteiger partial charge in [0.05, 0.1) is 28.7 Å². The molecule has 1 N–H and O–H groups in total. The summed E-state index contributed by atoms with van der Waals surface area (Å²) in [6, 6.07) is 17.3. The number of carbonyl (C=O) groups is 2. The minimum absolute atomic E-state index is 0.207. The number of hydrogen-bond donors (Lipinski definition) is 1. The van der Waals surface area contributed by atoms with E-state index >= 15 is 0 Å². The molecule has 1 atom stereocenters. The third-order valence-electron chi connectivity index (χ3n) is 4.92. The van der Waals surface area contributed by atoms with Crippen LogP contribution in [0.4, 0.5) is 0 Å². The quantitative estimate of drug-likeness (QED) is 0.517. The van der Waals surface area contributed by atoms with Crippen LogP contribution in [-0.4, -0.2) is 21.5 Å². The third kappa shape index (κ3) is 3.88. The van der Waals surface area contributed by atoms with E-state index in [1.165, 1.54) is 0 Å². The number of aromatic nitrogens is 2. The summed E-state index contributed by atoms with van der Waals surface area (Å²) in [5.41, 5.74) is 4.56. The van der Waals surface area contributed by atoms with E-state index in [1.807, 2.05) is 75.4 Å². The molecular weight excluding hydrogens is 350 g/mol. The number of hydrogen-bond acceptors (Lipinski definition) is 3. The number of nitrogens with zero attached hydrogens (tertiary/aromatic N) is 2. The van der Waals surface area contributed by atoms with Crippen LogP contribution in [0.25, 0.3) is 5.69 Å². The molecule has 0 fully saturated rings. The Balaban J connectivity index is 1.84. The van der Waals surface area contributed by atoms with Gasteiger partial charge in [-0.2, -0.15) is 5.10 Å². The molecule has 1 amide bonds. The lowest BCUT2D eigenvalue weighted by molar-refractivity contribution is -0.117. The van der Waals surface area contributed by atoms with Crippen molar-refractivity contribution in [3.8, 4) is 5.69 Å². The first-order valence-electron chi connectivity index (χ1n) is 9.45. The lowest BCUT2D eigenvalue weighted by Crippen LogP contribution is -2.34. The zero-order chi connectivity index (χ0) is 20.3. The summed E-state index contributed by atoms with van der Waals surface area (Å²) in [6.07, 6.45) is 0.698. The second-order valence-electron chi connectivity index (χ2n) is 6.97. The van der Waals surface area contributed by atoms with Gasteiger partial charge in [-0.3, -0.25) is 9.59 Å². The van der Waals surface area contributed by atoms with Crippen LogP contribution in [0.1, 0.15) is 52.3 Å². The van der Waals surface area contributed by atoms with Crippen LogP contribution >= 0.6 is 0 Å². The van der Waals surface area contributed by atoms with Gasteiger partial charge >= 0.3 is 0 Å². The lowest BCUT2D eigenvalue weighted by atomic mass is 10.0. The topological polar surface area (TPSA) is 64.0 Å². The van der Waals surface area contributed by atoms with E-state index in [1.54, 1.807) is 11.6 Å². The highest BCUT2D eigenvalue weighted by Crippen LogP contribution is 2.20. The summed E-state index contributed by atoms with van der Waals surface area (Å²) in [6.45, 7) is 7.57. The van der Waals surface area contributed by atoms with Gasteiger partial charge in [0, 0.05) is 0 Å². The average molecular weight is 375 g/mol. The lowest BCUT2D eigenvalue weighted by Gasteiger charge is -2.17. The second-order valence-corrected chi connectivity index (χ2v) is 6.97. The van der Waals surface area contributed by atoms with Crippen molar-refractivity contribution in [3.63, 3.8) is 0 Å². The zero-order valence-corrected chi connectivity index (χ0v) is 16.7. The molecule has 0 radical (unpaired) electrons. The molecule has 5 nitrogen and oxygen atoms in total. The van der Waals surface area contributed by atoms with Crippen molar-refractivity contribution < 1.29 is 9.59 Å². The van der Waals surface area contributed by atoms with Crippen LogP contribution in [-0.2, 0) is 4.79 Å². The Morgan fingerprint density at radius 2 is 1.64 bits per heavy atom. The van der Waals surface area contributed by atoms with Gasteiger partial charge < -0.3 is 5.32 Å². The van der Waals surface area contributed by atoms with E-state index in [9.17, 15) is 9.59 Å². The number of rotatable bonds is 6. The number of Topliss-reactive ketones (excluding diaryl/α,β-unsaturated/α-hetero) is 1. The smallest absolute Gasteiger partial charge is 0.293 e. The monoisotopic (exact) mass is 375 g/mol. The number of carbonyl (C=O) groups excluding carboxylic acids is 2. The molecule has 5 heteroatoms. The highest BCUT2D eigenvalue weighted by atomic mass is 16.2. The van der Waals surface area contributed by atoms with Gasteiger partial charge in [-0.15, -0.1) is 0 Å². The van der Waals surface area contributed by atoms with Crippen molar-refractivity contribution in [2.24, 2.45) is 0 Å². The van der Waals surface area contributed by atoms with Crippen molar-refractivity contribution in [1.82, 2.24) is 15.1 Å². The van der Waals surface area contributed by atoms with Crippen molar-refractivity contribution in [3.05, 3.63) is 82.7 Å². The molecule has 0 bridgehead atoms. The molecule has 2 aromatic carbocycles. The molecule has 1 heterocycles. The van der Waals surface area contributed by atoms with Crippen LogP contribution in [0.15, 0.2) is 54.6 Å². The number of ketones is 1. The van der Waals surface area contributed by atoms with E-state index in [-0.39, 0.29) is 6.04 Å². The van der Waals surface area contributed by atoms with Crippen molar-refractivity contribution >= 4 is 11.7 Å². The van der Waals surface area contributed by atoms with Gasteiger partial charge in [-0.05, 0) is 44.9 Å². The van der Waals surface area contributed by atoms with E-state index in [0.717, 1.165) is 16.8 Å². The molecule has 0 saturated heterocycles. The van der Waals surface area contributed by atoms with Crippen LogP contribution < -0.4 is 5.32 Å². The number of amides is 1. The summed E-state index contributed by atoms with van der Waals surface area (Å²) in [7, 11) is 0. The maximum absolute atomic E-state index is 12.9. The molecule has 28 heavy (non-hydrogen) atoms. The van der Waals surface area contributed by atoms with E-state index in [4.69, 9.17) is 0 Å². The van der Waals surface area contributed by atoms with Crippen molar-refractivity contribution in [2.45, 2.75) is 40.2 Å². The molecule has 0 aliphatic heterocycles. The molecular formula is C23H25N3O2. The minimum atomic E-state index is -0.605. The second kappa shape index (κ2) is 8.21. The first-order valence-corrected chi connectivity index (χ1v) is 9.45. The number of nitrogens with one attached hydrogen (secondary N) is 1. The standard InChI is InChI=1S/C23H25N3O2/c1-5-20(18-13-11-15(2)12-14-18)24-23(28)22(27)21-16(3)25-26(17(21)4)19-9-7-6-8-10-19/h6-14,20H,5H2,1-4H3,(H,24,28)/t20-/m0/s1.